The predicted octanol–water partition coefficient (Wildman–Crippen LogP) is 3.84. The van der Waals surface area contributed by atoms with E-state index in [9.17, 15) is 12.8 Å². The smallest absolute Gasteiger partial charge is 0.265 e. The highest BCUT2D eigenvalue weighted by Crippen LogP contribution is 2.25. The highest BCUT2D eigenvalue weighted by molar-refractivity contribution is 7.92. The van der Waals surface area contributed by atoms with Crippen LogP contribution in [0.3, 0.4) is 0 Å². The van der Waals surface area contributed by atoms with Crippen molar-refractivity contribution >= 4 is 33.1 Å². The van der Waals surface area contributed by atoms with Gasteiger partial charge in [-0.05, 0) is 35.9 Å². The van der Waals surface area contributed by atoms with Gasteiger partial charge in [-0.1, -0.05) is 29.8 Å². The number of pyridine rings is 1. The molecule has 0 atom stereocenters. The Balaban J connectivity index is 1.75. The van der Waals surface area contributed by atoms with Gasteiger partial charge in [-0.3, -0.25) is 4.72 Å². The van der Waals surface area contributed by atoms with Crippen LogP contribution in [0.15, 0.2) is 65.7 Å². The molecule has 3 N–H and O–H groups in total. The molecule has 0 bridgehead atoms. The van der Waals surface area contributed by atoms with E-state index in [1.807, 2.05) is 0 Å². The normalized spacial score (nSPS) is 11.2. The summed E-state index contributed by atoms with van der Waals surface area (Å²) in [6.45, 7) is 0.210. The largest absolute Gasteiger partial charge is 0.489 e. The van der Waals surface area contributed by atoms with Gasteiger partial charge in [-0.15, -0.1) is 0 Å². The second kappa shape index (κ2) is 7.81. The minimum absolute atomic E-state index is 0.154. The highest BCUT2D eigenvalue weighted by atomic mass is 35.5. The van der Waals surface area contributed by atoms with Crippen molar-refractivity contribution in [1.82, 2.24) is 4.98 Å². The molecule has 0 radical (unpaired) electrons. The maximum atomic E-state index is 12.9. The standard InChI is InChI=1S/C18H15ClFN3O3S/c19-13-8-17(18(21)22-10-13)27(24,25)23-15-2-1-3-16(9-15)26-11-12-4-6-14(20)7-5-12/h1-10,23H,11H2,(H2,21,22). The predicted molar refractivity (Wildman–Crippen MR) is 102 cm³/mol. The zero-order chi connectivity index (χ0) is 19.4. The third-order valence-corrected chi connectivity index (χ3v) is 5.16. The number of nitrogens with two attached hydrogens (primary N) is 1. The summed E-state index contributed by atoms with van der Waals surface area (Å²) in [7, 11) is -3.97. The van der Waals surface area contributed by atoms with Gasteiger partial charge in [0.2, 0.25) is 0 Å². The first kappa shape index (κ1) is 18.9. The van der Waals surface area contributed by atoms with Crippen molar-refractivity contribution in [3.63, 3.8) is 0 Å². The van der Waals surface area contributed by atoms with Crippen LogP contribution in [0.1, 0.15) is 5.56 Å². The van der Waals surface area contributed by atoms with Gasteiger partial charge < -0.3 is 10.5 Å². The molecule has 9 heteroatoms. The van der Waals surface area contributed by atoms with E-state index in [1.165, 1.54) is 30.5 Å². The average Bonchev–Trinajstić information content (AvgIpc) is 2.63. The second-order valence-corrected chi connectivity index (χ2v) is 7.67. The summed E-state index contributed by atoms with van der Waals surface area (Å²) >= 11 is 5.81. The molecule has 6 nitrogen and oxygen atoms in total. The third kappa shape index (κ3) is 4.87. The fraction of sp³-hybridized carbons (Fsp3) is 0.0556. The molecule has 1 aromatic heterocycles. The number of sulfonamides is 1. The van der Waals surface area contributed by atoms with Gasteiger partial charge in [-0.25, -0.2) is 17.8 Å². The number of nitrogens with zero attached hydrogens (tertiary/aromatic N) is 1. The number of hydrogen-bond donors (Lipinski definition) is 2. The van der Waals surface area contributed by atoms with Crippen molar-refractivity contribution in [3.8, 4) is 5.75 Å². The molecular formula is C18H15ClFN3O3S. The van der Waals surface area contributed by atoms with Crippen molar-refractivity contribution in [2.24, 2.45) is 0 Å². The van der Waals surface area contributed by atoms with Crippen LogP contribution in [0.4, 0.5) is 15.9 Å². The van der Waals surface area contributed by atoms with Crippen molar-refractivity contribution in [1.29, 1.82) is 0 Å². The minimum Gasteiger partial charge on any atom is -0.489 e. The maximum Gasteiger partial charge on any atom is 0.265 e. The number of ether oxygens (including phenoxy) is 1. The van der Waals surface area contributed by atoms with E-state index in [2.05, 4.69) is 9.71 Å². The first-order valence-corrected chi connectivity index (χ1v) is 9.61. The summed E-state index contributed by atoms with van der Waals surface area (Å²) in [5, 5.41) is 0.154. The van der Waals surface area contributed by atoms with E-state index in [1.54, 1.807) is 30.3 Å². The number of anilines is 2. The van der Waals surface area contributed by atoms with Gasteiger partial charge in [-0.2, -0.15) is 0 Å². The van der Waals surface area contributed by atoms with Crippen molar-refractivity contribution < 1.29 is 17.5 Å². The highest BCUT2D eigenvalue weighted by Gasteiger charge is 2.19. The van der Waals surface area contributed by atoms with Crippen LogP contribution in [-0.2, 0) is 16.6 Å². The number of nitrogens with one attached hydrogen (secondary N) is 1. The SMILES string of the molecule is Nc1ncc(Cl)cc1S(=O)(=O)Nc1cccc(OCc2ccc(F)cc2)c1. The van der Waals surface area contributed by atoms with E-state index in [4.69, 9.17) is 22.1 Å². The van der Waals surface area contributed by atoms with Crippen LogP contribution in [0, 0.1) is 5.82 Å². The molecule has 0 aliphatic heterocycles. The molecule has 0 amide bonds. The molecule has 3 aromatic rings. The molecule has 0 saturated carbocycles. The molecule has 27 heavy (non-hydrogen) atoms. The topological polar surface area (TPSA) is 94.3 Å². The Labute approximate surface area is 160 Å². The second-order valence-electron chi connectivity index (χ2n) is 5.59. The van der Waals surface area contributed by atoms with Crippen molar-refractivity contribution in [2.45, 2.75) is 11.5 Å². The molecule has 0 unspecified atom stereocenters. The zero-order valence-corrected chi connectivity index (χ0v) is 15.5. The molecule has 0 fully saturated rings. The lowest BCUT2D eigenvalue weighted by atomic mass is 10.2. The van der Waals surface area contributed by atoms with Gasteiger partial charge in [0.15, 0.2) is 0 Å². The van der Waals surface area contributed by atoms with E-state index >= 15 is 0 Å². The fourth-order valence-electron chi connectivity index (χ4n) is 2.25. The summed E-state index contributed by atoms with van der Waals surface area (Å²) in [5.74, 6) is -0.0442. The summed E-state index contributed by atoms with van der Waals surface area (Å²) < 4.78 is 46.0. The first-order valence-electron chi connectivity index (χ1n) is 7.75. The van der Waals surface area contributed by atoms with Gasteiger partial charge >= 0.3 is 0 Å². The van der Waals surface area contributed by atoms with Crippen molar-refractivity contribution in [3.05, 3.63) is 77.2 Å². The zero-order valence-electron chi connectivity index (χ0n) is 13.9. The van der Waals surface area contributed by atoms with Crippen LogP contribution in [0.5, 0.6) is 5.75 Å². The van der Waals surface area contributed by atoms with Gasteiger partial charge in [0.1, 0.15) is 28.9 Å². The number of benzene rings is 2. The molecule has 0 aliphatic carbocycles. The molecule has 0 saturated heterocycles. The summed E-state index contributed by atoms with van der Waals surface area (Å²) in [5.41, 5.74) is 6.70. The van der Waals surface area contributed by atoms with Crippen LogP contribution >= 0.6 is 11.6 Å². The van der Waals surface area contributed by atoms with Crippen molar-refractivity contribution in [2.75, 3.05) is 10.5 Å². The first-order chi connectivity index (χ1) is 12.8. The number of rotatable bonds is 6. The maximum absolute atomic E-state index is 12.9. The molecule has 0 aliphatic rings. The summed E-state index contributed by atoms with van der Waals surface area (Å²) in [6.07, 6.45) is 1.26. The molecule has 2 aromatic carbocycles. The van der Waals surface area contributed by atoms with E-state index in [0.717, 1.165) is 5.56 Å². The van der Waals surface area contributed by atoms with Crippen LogP contribution in [0.2, 0.25) is 5.02 Å². The molecule has 1 heterocycles. The number of hydrogen-bond acceptors (Lipinski definition) is 5. The lowest BCUT2D eigenvalue weighted by Gasteiger charge is -2.12. The van der Waals surface area contributed by atoms with E-state index in [0.29, 0.717) is 5.75 Å². The van der Waals surface area contributed by atoms with Gasteiger partial charge in [0.05, 0.1) is 10.7 Å². The number of aromatic nitrogens is 1. The average molecular weight is 408 g/mol. The summed E-state index contributed by atoms with van der Waals surface area (Å²) in [6, 6.07) is 13.5. The van der Waals surface area contributed by atoms with E-state index in [-0.39, 0.29) is 33.8 Å². The quantitative estimate of drug-likeness (QED) is 0.647. The Morgan fingerprint density at radius 3 is 2.63 bits per heavy atom. The molecule has 0 spiro atoms. The van der Waals surface area contributed by atoms with E-state index < -0.39 is 10.0 Å². The minimum atomic E-state index is -3.97. The molecule has 3 rings (SSSR count). The lowest BCUT2D eigenvalue weighted by molar-refractivity contribution is 0.306. The monoisotopic (exact) mass is 407 g/mol. The number of halogens is 2. The fourth-order valence-corrected chi connectivity index (χ4v) is 3.63. The van der Waals surface area contributed by atoms with Crippen LogP contribution in [0.25, 0.3) is 0 Å². The Kier molecular flexibility index (Phi) is 5.48. The molecular weight excluding hydrogens is 393 g/mol. The van der Waals surface area contributed by atoms with Crippen LogP contribution < -0.4 is 15.2 Å². The Bertz CT molecular complexity index is 1060. The Morgan fingerprint density at radius 1 is 1.15 bits per heavy atom. The Hall–Kier alpha value is -2.84. The number of nitrogen functional groups attached to an aromatic ring is 1. The lowest BCUT2D eigenvalue weighted by Crippen LogP contribution is -2.15. The Morgan fingerprint density at radius 2 is 1.89 bits per heavy atom. The van der Waals surface area contributed by atoms with Gasteiger partial charge in [0.25, 0.3) is 10.0 Å². The van der Waals surface area contributed by atoms with Gasteiger partial charge in [0, 0.05) is 12.3 Å². The third-order valence-electron chi connectivity index (χ3n) is 3.54. The van der Waals surface area contributed by atoms with Crippen LogP contribution in [-0.4, -0.2) is 13.4 Å². The molecule has 140 valence electrons. The summed E-state index contributed by atoms with van der Waals surface area (Å²) in [4.78, 5) is 3.53.